The maximum absolute atomic E-state index is 13.5. The molecule has 0 bridgehead atoms. The van der Waals surface area contributed by atoms with Gasteiger partial charge in [0.25, 0.3) is 10.0 Å². The predicted octanol–water partition coefficient (Wildman–Crippen LogP) is 1.24. The van der Waals surface area contributed by atoms with Crippen LogP contribution in [-0.2, 0) is 24.1 Å². The van der Waals surface area contributed by atoms with Crippen LogP contribution in [0.5, 0.6) is 0 Å². The van der Waals surface area contributed by atoms with Gasteiger partial charge in [-0.1, -0.05) is 31.5 Å². The molecule has 0 aliphatic carbocycles. The maximum Gasteiger partial charge on any atom is 0.328 e. The van der Waals surface area contributed by atoms with E-state index < -0.39 is 16.0 Å². The lowest BCUT2D eigenvalue weighted by molar-refractivity contribution is -0.254. The normalized spacial score (nSPS) is 11.7. The summed E-state index contributed by atoms with van der Waals surface area (Å²) in [4.78, 5) is 23.7. The average Bonchev–Trinajstić information content (AvgIpc) is 2.92. The van der Waals surface area contributed by atoms with E-state index in [0.29, 0.717) is 17.5 Å². The molecule has 0 aliphatic heterocycles. The maximum atomic E-state index is 13.5. The second-order valence-corrected chi connectivity index (χ2v) is 8.65. The number of carbonyl (C=O) groups excluding carboxylic acids is 1. The van der Waals surface area contributed by atoms with E-state index in [1.807, 2.05) is 6.92 Å². The molecule has 8 nitrogen and oxygen atoms in total. The molecule has 1 heterocycles. The quantitative estimate of drug-likeness (QED) is 0.576. The van der Waals surface area contributed by atoms with Gasteiger partial charge in [0.2, 0.25) is 0 Å². The first-order chi connectivity index (χ1) is 13.7. The van der Waals surface area contributed by atoms with Crippen LogP contribution in [0.25, 0.3) is 11.0 Å². The van der Waals surface area contributed by atoms with Crippen molar-refractivity contribution in [1.29, 1.82) is 0 Å². The van der Waals surface area contributed by atoms with Gasteiger partial charge < -0.3 is 9.90 Å². The molecular weight excluding hydrogens is 394 g/mol. The Morgan fingerprint density at radius 1 is 1.07 bits per heavy atom. The molecule has 0 aliphatic rings. The van der Waals surface area contributed by atoms with Crippen LogP contribution in [0, 0.1) is 0 Å². The van der Waals surface area contributed by atoms with Gasteiger partial charge in [-0.25, -0.2) is 13.2 Å². The van der Waals surface area contributed by atoms with Crippen molar-refractivity contribution in [2.75, 3.05) is 10.8 Å². The second-order valence-electron chi connectivity index (χ2n) is 6.79. The SMILES string of the molecule is CCCCN(c1ccccc1C(=O)[O-])S(=O)(=O)c1ccc2c(c1)n(C)c(=O)n2C. The number of carboxylic acids is 1. The highest BCUT2D eigenvalue weighted by Gasteiger charge is 2.27. The number of anilines is 1. The van der Waals surface area contributed by atoms with E-state index in [0.717, 1.165) is 10.7 Å². The monoisotopic (exact) mass is 416 g/mol. The van der Waals surface area contributed by atoms with Crippen LogP contribution in [-0.4, -0.2) is 30.1 Å². The summed E-state index contributed by atoms with van der Waals surface area (Å²) < 4.78 is 30.9. The van der Waals surface area contributed by atoms with Crippen molar-refractivity contribution in [2.24, 2.45) is 14.1 Å². The third-order valence-electron chi connectivity index (χ3n) is 4.94. The van der Waals surface area contributed by atoms with Gasteiger partial charge in [0.15, 0.2) is 0 Å². The standard InChI is InChI=1S/C20H23N3O5S/c1-4-5-12-23(16-9-7-6-8-15(16)19(24)25)29(27,28)14-10-11-17-18(13-14)22(3)20(26)21(17)2/h6-11,13H,4-5,12H2,1-3H3,(H,24,25)/p-1. The van der Waals surface area contributed by atoms with Crippen molar-refractivity contribution in [3.05, 3.63) is 58.5 Å². The van der Waals surface area contributed by atoms with Gasteiger partial charge in [-0.3, -0.25) is 13.4 Å². The second kappa shape index (κ2) is 7.75. The number of aromatic carboxylic acids is 1. The number of unbranched alkanes of at least 4 members (excludes halogenated alkanes) is 1. The molecule has 2 aromatic carbocycles. The van der Waals surface area contributed by atoms with Gasteiger partial charge in [0.05, 0.1) is 27.6 Å². The van der Waals surface area contributed by atoms with Crippen molar-refractivity contribution in [3.8, 4) is 0 Å². The lowest BCUT2D eigenvalue weighted by atomic mass is 10.1. The van der Waals surface area contributed by atoms with Crippen LogP contribution in [0.15, 0.2) is 52.2 Å². The number of sulfonamides is 1. The van der Waals surface area contributed by atoms with Crippen LogP contribution in [0.2, 0.25) is 0 Å². The van der Waals surface area contributed by atoms with Crippen molar-refractivity contribution in [1.82, 2.24) is 9.13 Å². The number of benzene rings is 2. The lowest BCUT2D eigenvalue weighted by Gasteiger charge is -2.27. The van der Waals surface area contributed by atoms with E-state index in [1.54, 1.807) is 26.2 Å². The fourth-order valence-corrected chi connectivity index (χ4v) is 4.85. The van der Waals surface area contributed by atoms with Crippen molar-refractivity contribution in [3.63, 3.8) is 0 Å². The average molecular weight is 416 g/mol. The zero-order valence-corrected chi connectivity index (χ0v) is 17.3. The summed E-state index contributed by atoms with van der Waals surface area (Å²) in [6, 6.07) is 10.3. The van der Waals surface area contributed by atoms with Crippen molar-refractivity contribution < 1.29 is 18.3 Å². The van der Waals surface area contributed by atoms with E-state index in [2.05, 4.69) is 0 Å². The smallest absolute Gasteiger partial charge is 0.328 e. The molecule has 0 N–H and O–H groups in total. The first-order valence-corrected chi connectivity index (χ1v) is 10.6. The number of hydrogen-bond acceptors (Lipinski definition) is 5. The zero-order valence-electron chi connectivity index (χ0n) is 16.5. The Balaban J connectivity index is 2.20. The van der Waals surface area contributed by atoms with Crippen molar-refractivity contribution in [2.45, 2.75) is 24.7 Å². The molecule has 0 radical (unpaired) electrons. The molecule has 0 saturated carbocycles. The number of nitrogens with zero attached hydrogens (tertiary/aromatic N) is 3. The number of aryl methyl sites for hydroxylation is 2. The molecule has 29 heavy (non-hydrogen) atoms. The highest BCUT2D eigenvalue weighted by Crippen LogP contribution is 2.29. The summed E-state index contributed by atoms with van der Waals surface area (Å²) in [6.45, 7) is 2.04. The third-order valence-corrected chi connectivity index (χ3v) is 6.75. The molecule has 3 aromatic rings. The van der Waals surface area contributed by atoms with E-state index in [-0.39, 0.29) is 28.4 Å². The highest BCUT2D eigenvalue weighted by molar-refractivity contribution is 7.92. The number of aromatic nitrogens is 2. The fourth-order valence-electron chi connectivity index (χ4n) is 3.31. The molecule has 3 rings (SSSR count). The van der Waals surface area contributed by atoms with Gasteiger partial charge >= 0.3 is 5.69 Å². The Labute approximate surface area is 168 Å². The van der Waals surface area contributed by atoms with Gasteiger partial charge in [-0.05, 0) is 30.7 Å². The van der Waals surface area contributed by atoms with Crippen LogP contribution in [0.1, 0.15) is 30.1 Å². The minimum atomic E-state index is -4.08. The Hall–Kier alpha value is -3.07. The minimum absolute atomic E-state index is 0.0181. The topological polar surface area (TPSA) is 104 Å². The number of para-hydroxylation sites is 1. The molecule has 1 aromatic heterocycles. The molecule has 0 unspecified atom stereocenters. The predicted molar refractivity (Wildman–Crippen MR) is 108 cm³/mol. The summed E-state index contributed by atoms with van der Waals surface area (Å²) in [5.74, 6) is -1.45. The Morgan fingerprint density at radius 3 is 2.38 bits per heavy atom. The number of carboxylic acid groups (broad SMARTS) is 1. The van der Waals surface area contributed by atoms with Gasteiger partial charge in [0, 0.05) is 26.2 Å². The van der Waals surface area contributed by atoms with Crippen LogP contribution >= 0.6 is 0 Å². The molecule has 0 amide bonds. The molecule has 154 valence electrons. The molecular formula is C20H22N3O5S-. The lowest BCUT2D eigenvalue weighted by Crippen LogP contribution is -2.35. The Morgan fingerprint density at radius 2 is 1.72 bits per heavy atom. The van der Waals surface area contributed by atoms with Gasteiger partial charge in [-0.15, -0.1) is 0 Å². The number of rotatable bonds is 7. The van der Waals surface area contributed by atoms with E-state index in [9.17, 15) is 23.1 Å². The van der Waals surface area contributed by atoms with Gasteiger partial charge in [0.1, 0.15) is 0 Å². The van der Waals surface area contributed by atoms with E-state index >= 15 is 0 Å². The first kappa shape index (κ1) is 20.7. The summed E-state index contributed by atoms with van der Waals surface area (Å²) in [5.41, 5.74) is 0.678. The number of fused-ring (bicyclic) bond motifs is 1. The molecule has 0 saturated heterocycles. The Bertz CT molecular complexity index is 1240. The van der Waals surface area contributed by atoms with Gasteiger partial charge in [-0.2, -0.15) is 0 Å². The fraction of sp³-hybridized carbons (Fsp3) is 0.300. The number of carbonyl (C=O) groups is 1. The van der Waals surface area contributed by atoms with E-state index in [1.165, 1.54) is 39.5 Å². The number of hydrogen-bond donors (Lipinski definition) is 0. The van der Waals surface area contributed by atoms with Crippen molar-refractivity contribution >= 4 is 32.7 Å². The first-order valence-electron chi connectivity index (χ1n) is 9.18. The Kier molecular flexibility index (Phi) is 5.52. The molecule has 9 heteroatoms. The molecule has 0 fully saturated rings. The summed E-state index contributed by atoms with van der Waals surface area (Å²) >= 11 is 0. The molecule has 0 atom stereocenters. The largest absolute Gasteiger partial charge is 0.545 e. The van der Waals surface area contributed by atoms with Crippen LogP contribution in [0.3, 0.4) is 0 Å². The van der Waals surface area contributed by atoms with Crippen LogP contribution < -0.4 is 15.1 Å². The summed E-state index contributed by atoms with van der Waals surface area (Å²) in [7, 11) is -0.892. The summed E-state index contributed by atoms with van der Waals surface area (Å²) in [6.07, 6.45) is 1.28. The van der Waals surface area contributed by atoms with Crippen LogP contribution in [0.4, 0.5) is 5.69 Å². The number of imidazole rings is 1. The highest BCUT2D eigenvalue weighted by atomic mass is 32.2. The zero-order chi connectivity index (χ0) is 21.3. The van der Waals surface area contributed by atoms with E-state index in [4.69, 9.17) is 0 Å². The third kappa shape index (κ3) is 3.53. The minimum Gasteiger partial charge on any atom is -0.545 e. The summed E-state index contributed by atoms with van der Waals surface area (Å²) in [5, 5.41) is 11.5. The molecule has 0 spiro atoms.